The molecule has 0 unspecified atom stereocenters. The summed E-state index contributed by atoms with van der Waals surface area (Å²) in [5.74, 6) is 2.91. The number of para-hydroxylation sites is 2. The second-order valence-electron chi connectivity index (χ2n) is 7.99. The molecule has 1 aliphatic heterocycles. The predicted molar refractivity (Wildman–Crippen MR) is 96.3 cm³/mol. The molecule has 6 nitrogen and oxygen atoms in total. The van der Waals surface area contributed by atoms with Crippen LogP contribution in [0.2, 0.25) is 0 Å². The van der Waals surface area contributed by atoms with E-state index in [9.17, 15) is 0 Å². The molecule has 4 rings (SSSR count). The second-order valence-corrected chi connectivity index (χ2v) is 7.99. The fraction of sp³-hybridized carbons (Fsp3) is 0.526. The van der Waals surface area contributed by atoms with E-state index in [1.807, 2.05) is 6.07 Å². The van der Waals surface area contributed by atoms with Gasteiger partial charge in [0.1, 0.15) is 5.82 Å². The zero-order chi connectivity index (χ0) is 17.6. The average Bonchev–Trinajstić information content (AvgIpc) is 3.27. The van der Waals surface area contributed by atoms with Crippen molar-refractivity contribution >= 4 is 11.0 Å². The van der Waals surface area contributed by atoms with Gasteiger partial charge >= 0.3 is 0 Å². The summed E-state index contributed by atoms with van der Waals surface area (Å²) in [6.07, 6.45) is 1.05. The molecule has 0 saturated carbocycles. The molecule has 1 saturated heterocycles. The van der Waals surface area contributed by atoms with Crippen LogP contribution in [0.3, 0.4) is 0 Å². The Morgan fingerprint density at radius 1 is 1.20 bits per heavy atom. The smallest absolute Gasteiger partial charge is 0.221 e. The zero-order valence-corrected chi connectivity index (χ0v) is 15.4. The van der Waals surface area contributed by atoms with Crippen molar-refractivity contribution in [3.05, 3.63) is 41.9 Å². The topological polar surface area (TPSA) is 60.0 Å². The minimum atomic E-state index is -0.101. The molecule has 0 amide bonds. The Morgan fingerprint density at radius 2 is 2.00 bits per heavy atom. The Balaban J connectivity index is 1.47. The van der Waals surface area contributed by atoms with E-state index in [4.69, 9.17) is 9.40 Å². The van der Waals surface area contributed by atoms with E-state index in [0.29, 0.717) is 5.92 Å². The number of likely N-dealkylation sites (tertiary alicyclic amines) is 1. The molecule has 1 fully saturated rings. The molecule has 1 aliphatic rings. The highest BCUT2D eigenvalue weighted by atomic mass is 16.4. The number of hydrogen-bond acceptors (Lipinski definition) is 5. The lowest BCUT2D eigenvalue weighted by Crippen LogP contribution is -2.21. The van der Waals surface area contributed by atoms with Gasteiger partial charge in [-0.15, -0.1) is 10.2 Å². The third-order valence-electron chi connectivity index (χ3n) is 4.95. The van der Waals surface area contributed by atoms with Crippen LogP contribution in [0.1, 0.15) is 50.7 Å². The number of imidazole rings is 1. The lowest BCUT2D eigenvalue weighted by atomic mass is 9.97. The van der Waals surface area contributed by atoms with Crippen molar-refractivity contribution in [1.29, 1.82) is 0 Å². The third-order valence-corrected chi connectivity index (χ3v) is 4.95. The highest BCUT2D eigenvalue weighted by molar-refractivity contribution is 5.75. The molecule has 1 aromatic carbocycles. The van der Waals surface area contributed by atoms with Crippen LogP contribution in [0.25, 0.3) is 11.0 Å². The van der Waals surface area contributed by atoms with Gasteiger partial charge in [0.05, 0.1) is 23.5 Å². The number of benzene rings is 1. The Morgan fingerprint density at radius 3 is 2.72 bits per heavy atom. The molecular formula is C19H25N5O. The third kappa shape index (κ3) is 3.06. The van der Waals surface area contributed by atoms with Crippen molar-refractivity contribution in [2.75, 3.05) is 13.1 Å². The summed E-state index contributed by atoms with van der Waals surface area (Å²) < 4.78 is 8.12. The Kier molecular flexibility index (Phi) is 3.87. The van der Waals surface area contributed by atoms with Gasteiger partial charge in [0.15, 0.2) is 0 Å². The lowest BCUT2D eigenvalue weighted by molar-refractivity contribution is 0.304. The second kappa shape index (κ2) is 5.95. The summed E-state index contributed by atoms with van der Waals surface area (Å²) in [5, 5.41) is 8.53. The normalized spacial score (nSPS) is 19.1. The number of aromatic nitrogens is 4. The van der Waals surface area contributed by atoms with Crippen molar-refractivity contribution in [3.8, 4) is 0 Å². The predicted octanol–water partition coefficient (Wildman–Crippen LogP) is 3.24. The van der Waals surface area contributed by atoms with E-state index in [2.05, 4.69) is 65.7 Å². The highest BCUT2D eigenvalue weighted by Crippen LogP contribution is 2.30. The van der Waals surface area contributed by atoms with Crippen LogP contribution in [-0.4, -0.2) is 37.7 Å². The minimum absolute atomic E-state index is 0.101. The molecule has 0 radical (unpaired) electrons. The molecule has 25 heavy (non-hydrogen) atoms. The van der Waals surface area contributed by atoms with Gasteiger partial charge in [-0.05, 0) is 25.1 Å². The minimum Gasteiger partial charge on any atom is -0.424 e. The van der Waals surface area contributed by atoms with Crippen molar-refractivity contribution in [2.24, 2.45) is 7.05 Å². The first-order valence-corrected chi connectivity index (χ1v) is 8.88. The molecule has 6 heteroatoms. The van der Waals surface area contributed by atoms with Crippen molar-refractivity contribution in [3.63, 3.8) is 0 Å². The standard InChI is InChI=1S/C19H25N5O/c1-19(2,3)18-22-21-17(25-18)13-9-10-24(11-13)12-16-20-14-7-5-6-8-15(14)23(16)4/h5-8,13H,9-12H2,1-4H3/t13-/m0/s1. The van der Waals surface area contributed by atoms with Gasteiger partial charge in [-0.3, -0.25) is 4.90 Å². The molecule has 0 spiro atoms. The number of fused-ring (bicyclic) bond motifs is 1. The van der Waals surface area contributed by atoms with Gasteiger partial charge in [-0.25, -0.2) is 4.98 Å². The van der Waals surface area contributed by atoms with Crippen LogP contribution < -0.4 is 0 Å². The van der Waals surface area contributed by atoms with Crippen LogP contribution in [0.4, 0.5) is 0 Å². The largest absolute Gasteiger partial charge is 0.424 e. The number of hydrogen-bond donors (Lipinski definition) is 0. The highest BCUT2D eigenvalue weighted by Gasteiger charge is 2.30. The summed E-state index contributed by atoms with van der Waals surface area (Å²) >= 11 is 0. The SMILES string of the molecule is Cn1c(CN2CC[C@H](c3nnc(C(C)(C)C)o3)C2)nc2ccccc21. The summed E-state index contributed by atoms with van der Waals surface area (Å²) in [5.41, 5.74) is 2.14. The lowest BCUT2D eigenvalue weighted by Gasteiger charge is -2.15. The van der Waals surface area contributed by atoms with Crippen LogP contribution in [-0.2, 0) is 19.0 Å². The van der Waals surface area contributed by atoms with Gasteiger partial charge in [-0.2, -0.15) is 0 Å². The molecule has 132 valence electrons. The Hall–Kier alpha value is -2.21. The van der Waals surface area contributed by atoms with E-state index in [0.717, 1.165) is 49.2 Å². The summed E-state index contributed by atoms with van der Waals surface area (Å²) in [7, 11) is 2.09. The zero-order valence-electron chi connectivity index (χ0n) is 15.4. The maximum absolute atomic E-state index is 5.93. The van der Waals surface area contributed by atoms with E-state index in [1.165, 1.54) is 5.52 Å². The Bertz CT molecular complexity index is 889. The van der Waals surface area contributed by atoms with Gasteiger partial charge in [0.25, 0.3) is 0 Å². The molecule has 3 heterocycles. The molecule has 1 atom stereocenters. The van der Waals surface area contributed by atoms with E-state index in [-0.39, 0.29) is 5.41 Å². The van der Waals surface area contributed by atoms with Crippen LogP contribution in [0.5, 0.6) is 0 Å². The molecule has 0 aliphatic carbocycles. The van der Waals surface area contributed by atoms with Gasteiger partial charge in [-0.1, -0.05) is 32.9 Å². The van der Waals surface area contributed by atoms with Crippen LogP contribution in [0, 0.1) is 0 Å². The molecule has 2 aromatic heterocycles. The van der Waals surface area contributed by atoms with E-state index >= 15 is 0 Å². The first kappa shape index (κ1) is 16.3. The fourth-order valence-electron chi connectivity index (χ4n) is 3.42. The number of rotatable bonds is 3. The first-order valence-electron chi connectivity index (χ1n) is 8.88. The van der Waals surface area contributed by atoms with E-state index < -0.39 is 0 Å². The van der Waals surface area contributed by atoms with Crippen molar-refractivity contribution in [2.45, 2.75) is 45.1 Å². The quantitative estimate of drug-likeness (QED) is 0.733. The number of nitrogens with zero attached hydrogens (tertiary/aromatic N) is 5. The maximum atomic E-state index is 5.93. The molecule has 0 N–H and O–H groups in total. The maximum Gasteiger partial charge on any atom is 0.221 e. The van der Waals surface area contributed by atoms with E-state index in [1.54, 1.807) is 0 Å². The monoisotopic (exact) mass is 339 g/mol. The van der Waals surface area contributed by atoms with Crippen molar-refractivity contribution in [1.82, 2.24) is 24.6 Å². The summed E-state index contributed by atoms with van der Waals surface area (Å²) in [6, 6.07) is 8.28. The molecule has 3 aromatic rings. The summed E-state index contributed by atoms with van der Waals surface area (Å²) in [6.45, 7) is 9.10. The fourth-order valence-corrected chi connectivity index (χ4v) is 3.42. The van der Waals surface area contributed by atoms with Crippen LogP contribution >= 0.6 is 0 Å². The summed E-state index contributed by atoms with van der Waals surface area (Å²) in [4.78, 5) is 7.20. The number of aryl methyl sites for hydroxylation is 1. The van der Waals surface area contributed by atoms with Crippen LogP contribution in [0.15, 0.2) is 28.7 Å². The van der Waals surface area contributed by atoms with Crippen molar-refractivity contribution < 1.29 is 4.42 Å². The molecular weight excluding hydrogens is 314 g/mol. The first-order chi connectivity index (χ1) is 11.9. The Labute approximate surface area is 147 Å². The van der Waals surface area contributed by atoms with Gasteiger partial charge in [0, 0.05) is 19.0 Å². The van der Waals surface area contributed by atoms with Gasteiger partial charge in [0.2, 0.25) is 11.8 Å². The molecule has 0 bridgehead atoms. The average molecular weight is 339 g/mol. The van der Waals surface area contributed by atoms with Gasteiger partial charge < -0.3 is 8.98 Å².